The molecule has 2 amide bonds. The molecule has 1 fully saturated rings. The molecule has 3 N–H and O–H groups in total. The van der Waals surface area contributed by atoms with Crippen molar-refractivity contribution in [2.24, 2.45) is 5.16 Å². The summed E-state index contributed by atoms with van der Waals surface area (Å²) in [5, 5.41) is 17.7. The summed E-state index contributed by atoms with van der Waals surface area (Å²) in [6, 6.07) is 4.45. The Bertz CT molecular complexity index is 1290. The molecule has 11 nitrogen and oxygen atoms in total. The lowest BCUT2D eigenvalue weighted by Gasteiger charge is -2.50. The number of nitrogens with zero attached hydrogens (tertiary/aromatic N) is 4. The fraction of sp³-hybridized carbons (Fsp3) is 0.238. The van der Waals surface area contributed by atoms with Crippen LogP contribution in [0.25, 0.3) is 0 Å². The van der Waals surface area contributed by atoms with Crippen LogP contribution in [-0.4, -0.2) is 57.2 Å². The lowest BCUT2D eigenvalue weighted by Crippen LogP contribution is -2.71. The minimum Gasteiger partial charge on any atom is -0.543 e. The predicted molar refractivity (Wildman–Crippen MR) is 127 cm³/mol. The van der Waals surface area contributed by atoms with Crippen LogP contribution >= 0.6 is 34.7 Å². The summed E-state index contributed by atoms with van der Waals surface area (Å²) in [7, 11) is 0. The Morgan fingerprint density at radius 3 is 2.80 bits per heavy atom. The SMILES string of the molecule is C#CCON=C(C(=O)NC1C(=O)N2C(C(=O)[O-])=C(C[n+]3ccccc3)CS[C@H]12)c1nc(N)sc1Cl. The van der Waals surface area contributed by atoms with Crippen molar-refractivity contribution in [2.75, 3.05) is 18.1 Å². The lowest BCUT2D eigenvalue weighted by molar-refractivity contribution is -0.689. The van der Waals surface area contributed by atoms with Crippen LogP contribution in [0.1, 0.15) is 5.69 Å². The molecule has 2 aliphatic rings. The largest absolute Gasteiger partial charge is 0.543 e. The van der Waals surface area contributed by atoms with Crippen LogP contribution in [0.4, 0.5) is 5.13 Å². The number of nitrogens with one attached hydrogen (secondary N) is 1. The second-order valence-electron chi connectivity index (χ2n) is 7.24. The Kier molecular flexibility index (Phi) is 7.25. The van der Waals surface area contributed by atoms with E-state index in [1.165, 1.54) is 11.8 Å². The third-order valence-corrected chi connectivity index (χ3v) is 7.45. The number of hydrogen-bond acceptors (Lipinski definition) is 10. The summed E-state index contributed by atoms with van der Waals surface area (Å²) >= 11 is 8.37. The van der Waals surface area contributed by atoms with E-state index >= 15 is 0 Å². The van der Waals surface area contributed by atoms with Crippen LogP contribution in [0, 0.1) is 12.3 Å². The highest BCUT2D eigenvalue weighted by Crippen LogP contribution is 2.40. The Morgan fingerprint density at radius 2 is 2.17 bits per heavy atom. The molecule has 0 bridgehead atoms. The molecule has 2 aromatic rings. The van der Waals surface area contributed by atoms with Crippen LogP contribution in [-0.2, 0) is 25.8 Å². The standard InChI is InChI=1S/C21H17ClN6O5S2/c1-2-8-33-26-13(12-16(22)35-21(23)25-12)17(29)24-14-18(30)28-15(20(31)32)11(10-34-19(14)28)9-27-6-4-3-5-7-27/h1,3-7,14,19H,8-10H2,(H3-,23,24,25,29,31,32)/t14?,19-/m1/s1. The number of carbonyl (C=O) groups excluding carboxylic acids is 3. The molecule has 2 aliphatic heterocycles. The molecule has 0 spiro atoms. The number of aromatic nitrogens is 2. The van der Waals surface area contributed by atoms with E-state index in [4.69, 9.17) is 28.6 Å². The van der Waals surface area contributed by atoms with Crippen molar-refractivity contribution in [1.29, 1.82) is 0 Å². The highest BCUT2D eigenvalue weighted by Gasteiger charge is 2.53. The maximum absolute atomic E-state index is 13.0. The monoisotopic (exact) mass is 532 g/mol. The summed E-state index contributed by atoms with van der Waals surface area (Å²) in [5.74, 6) is -0.336. The first-order chi connectivity index (χ1) is 16.8. The Labute approximate surface area is 212 Å². The van der Waals surface area contributed by atoms with E-state index in [1.54, 1.807) is 17.0 Å². The number of rotatable bonds is 8. The molecule has 0 aromatic carbocycles. The minimum atomic E-state index is -1.46. The fourth-order valence-corrected chi connectivity index (χ4v) is 5.82. The number of nitrogens with two attached hydrogens (primary N) is 1. The lowest BCUT2D eigenvalue weighted by atomic mass is 10.0. The van der Waals surface area contributed by atoms with Crippen molar-refractivity contribution in [2.45, 2.75) is 18.0 Å². The van der Waals surface area contributed by atoms with Crippen LogP contribution in [0.2, 0.25) is 4.34 Å². The average Bonchev–Trinajstić information content (AvgIpc) is 3.17. The van der Waals surface area contributed by atoms with Crippen molar-refractivity contribution < 1.29 is 28.9 Å². The number of amides is 2. The van der Waals surface area contributed by atoms with Gasteiger partial charge in [0.05, 0.1) is 11.7 Å². The molecule has 1 unspecified atom stereocenters. The predicted octanol–water partition coefficient (Wildman–Crippen LogP) is -0.876. The molecule has 0 saturated carbocycles. The second-order valence-corrected chi connectivity index (χ2v) is 9.98. The van der Waals surface area contributed by atoms with Gasteiger partial charge in [-0.25, -0.2) is 9.55 Å². The van der Waals surface area contributed by atoms with E-state index in [-0.39, 0.29) is 39.7 Å². The quantitative estimate of drug-likeness (QED) is 0.111. The molecule has 4 heterocycles. The number of carboxylic acids is 1. The summed E-state index contributed by atoms with van der Waals surface area (Å²) in [4.78, 5) is 48.0. The molecule has 2 aromatic heterocycles. The highest BCUT2D eigenvalue weighted by atomic mass is 35.5. The van der Waals surface area contributed by atoms with Gasteiger partial charge in [0, 0.05) is 23.5 Å². The van der Waals surface area contributed by atoms with Gasteiger partial charge in [0.15, 0.2) is 36.4 Å². The summed E-state index contributed by atoms with van der Waals surface area (Å²) in [6.07, 6.45) is 8.72. The van der Waals surface area contributed by atoms with Gasteiger partial charge in [-0.2, -0.15) is 0 Å². The van der Waals surface area contributed by atoms with Crippen molar-refractivity contribution >= 4 is 63.3 Å². The zero-order valence-electron chi connectivity index (χ0n) is 17.8. The van der Waals surface area contributed by atoms with Gasteiger partial charge in [-0.1, -0.05) is 40.1 Å². The number of carboxylic acid groups (broad SMARTS) is 1. The number of carbonyl (C=O) groups is 3. The molecule has 1 saturated heterocycles. The number of aliphatic carboxylic acids is 1. The van der Waals surface area contributed by atoms with Gasteiger partial charge in [-0.15, -0.1) is 18.2 Å². The van der Waals surface area contributed by atoms with Crippen molar-refractivity contribution in [3.05, 3.63) is 51.9 Å². The van der Waals surface area contributed by atoms with Gasteiger partial charge in [0.25, 0.3) is 11.8 Å². The first-order valence-corrected chi connectivity index (χ1v) is 12.2. The minimum absolute atomic E-state index is 0.0268. The zero-order chi connectivity index (χ0) is 25.1. The van der Waals surface area contributed by atoms with Crippen molar-refractivity contribution in [3.8, 4) is 12.3 Å². The molecule has 14 heteroatoms. The van der Waals surface area contributed by atoms with E-state index in [0.717, 1.165) is 16.2 Å². The van der Waals surface area contributed by atoms with Gasteiger partial charge < -0.3 is 25.8 Å². The van der Waals surface area contributed by atoms with Crippen molar-refractivity contribution in [1.82, 2.24) is 15.2 Å². The average molecular weight is 533 g/mol. The zero-order valence-corrected chi connectivity index (χ0v) is 20.2. The summed E-state index contributed by atoms with van der Waals surface area (Å²) in [6.45, 7) is 0.0579. The number of fused-ring (bicyclic) bond motifs is 1. The molecule has 2 atom stereocenters. The number of hydrogen-bond donors (Lipinski definition) is 2. The molecular formula is C21H17ClN6O5S2. The second kappa shape index (κ2) is 10.3. The Balaban J connectivity index is 1.55. The van der Waals surface area contributed by atoms with Crippen LogP contribution in [0.5, 0.6) is 0 Å². The fourth-order valence-electron chi connectivity index (χ4n) is 3.55. The van der Waals surface area contributed by atoms with E-state index in [0.29, 0.717) is 11.3 Å². The molecular weight excluding hydrogens is 516 g/mol. The normalized spacial score (nSPS) is 19.5. The molecule has 0 radical (unpaired) electrons. The third kappa shape index (κ3) is 4.95. The van der Waals surface area contributed by atoms with Crippen LogP contribution < -0.4 is 20.7 Å². The molecule has 35 heavy (non-hydrogen) atoms. The number of terminal acetylenes is 1. The van der Waals surface area contributed by atoms with Crippen LogP contribution in [0.15, 0.2) is 47.0 Å². The maximum atomic E-state index is 13.0. The topological polar surface area (TPSA) is 154 Å². The number of halogens is 1. The summed E-state index contributed by atoms with van der Waals surface area (Å²) in [5.41, 5.74) is 5.65. The maximum Gasteiger partial charge on any atom is 0.276 e. The summed E-state index contributed by atoms with van der Waals surface area (Å²) < 4.78 is 1.89. The molecule has 4 rings (SSSR count). The number of pyridine rings is 1. The number of thiazole rings is 1. The van der Waals surface area contributed by atoms with E-state index in [2.05, 4.69) is 21.4 Å². The number of β-lactam (4-membered cyclic amide) rings is 1. The number of anilines is 1. The van der Waals surface area contributed by atoms with Gasteiger partial charge in [-0.3, -0.25) is 14.5 Å². The van der Waals surface area contributed by atoms with Gasteiger partial charge >= 0.3 is 0 Å². The first kappa shape index (κ1) is 24.5. The van der Waals surface area contributed by atoms with E-state index in [1.807, 2.05) is 18.2 Å². The third-order valence-electron chi connectivity index (χ3n) is 5.02. The Hall–Kier alpha value is -3.60. The van der Waals surface area contributed by atoms with Gasteiger partial charge in [0.1, 0.15) is 21.4 Å². The van der Waals surface area contributed by atoms with Gasteiger partial charge in [-0.05, 0) is 0 Å². The molecule has 0 aliphatic carbocycles. The van der Waals surface area contributed by atoms with E-state index in [9.17, 15) is 19.5 Å². The Morgan fingerprint density at radius 1 is 1.43 bits per heavy atom. The number of oxime groups is 1. The molecule has 180 valence electrons. The smallest absolute Gasteiger partial charge is 0.276 e. The van der Waals surface area contributed by atoms with Crippen LogP contribution in [0.3, 0.4) is 0 Å². The van der Waals surface area contributed by atoms with E-state index < -0.39 is 29.2 Å². The number of nitrogen functional groups attached to an aromatic ring is 1. The first-order valence-electron chi connectivity index (χ1n) is 10.0. The highest BCUT2D eigenvalue weighted by molar-refractivity contribution is 8.00. The van der Waals surface area contributed by atoms with Gasteiger partial charge in [0.2, 0.25) is 0 Å². The number of thioether (sulfide) groups is 1. The van der Waals surface area contributed by atoms with Crippen molar-refractivity contribution in [3.63, 3.8) is 0 Å².